The van der Waals surface area contributed by atoms with Gasteiger partial charge in [0, 0.05) is 0 Å². The standard InChI is InChI=1S/C7H6O2.C6H14/c8-7(9)6-4-2-1-3-5-6;1-5-6(2,3)4/h1-5H,(H,8,9);5H2,1-4H3. The predicted molar refractivity (Wildman–Crippen MR) is 63.1 cm³/mol. The third kappa shape index (κ3) is 7.74. The van der Waals surface area contributed by atoms with E-state index in [2.05, 4.69) is 27.7 Å². The maximum absolute atomic E-state index is 10.2. The minimum absolute atomic E-state index is 0.331. The summed E-state index contributed by atoms with van der Waals surface area (Å²) < 4.78 is 0. The van der Waals surface area contributed by atoms with Gasteiger partial charge in [0.25, 0.3) is 0 Å². The lowest BCUT2D eigenvalue weighted by Gasteiger charge is -2.12. The van der Waals surface area contributed by atoms with Crippen molar-refractivity contribution in [2.45, 2.75) is 34.1 Å². The molecule has 1 rings (SSSR count). The number of hydrogen-bond acceptors (Lipinski definition) is 1. The van der Waals surface area contributed by atoms with Crippen molar-refractivity contribution in [3.05, 3.63) is 35.9 Å². The van der Waals surface area contributed by atoms with Gasteiger partial charge in [-0.2, -0.15) is 0 Å². The van der Waals surface area contributed by atoms with Crippen LogP contribution in [0.1, 0.15) is 44.5 Å². The molecule has 0 atom stereocenters. The Kier molecular flexibility index (Phi) is 5.68. The molecule has 84 valence electrons. The van der Waals surface area contributed by atoms with Crippen LogP contribution in [0.15, 0.2) is 30.3 Å². The van der Waals surface area contributed by atoms with E-state index in [1.807, 2.05) is 0 Å². The summed E-state index contributed by atoms with van der Waals surface area (Å²) in [6.07, 6.45) is 1.27. The lowest BCUT2D eigenvalue weighted by atomic mass is 9.94. The first-order chi connectivity index (χ1) is 6.87. The first-order valence-corrected chi connectivity index (χ1v) is 5.15. The molecule has 15 heavy (non-hydrogen) atoms. The Balaban J connectivity index is 0.000000288. The van der Waals surface area contributed by atoms with Crippen LogP contribution in [-0.2, 0) is 0 Å². The molecule has 2 heteroatoms. The Morgan fingerprint density at radius 2 is 1.60 bits per heavy atom. The third-order valence-corrected chi connectivity index (χ3v) is 2.08. The van der Waals surface area contributed by atoms with E-state index in [1.165, 1.54) is 6.42 Å². The SMILES string of the molecule is CCC(C)(C)C.O=C(O)c1ccccc1. The number of carbonyl (C=O) groups is 1. The van der Waals surface area contributed by atoms with Gasteiger partial charge in [-0.3, -0.25) is 0 Å². The van der Waals surface area contributed by atoms with Crippen LogP contribution in [0.3, 0.4) is 0 Å². The molecule has 0 heterocycles. The van der Waals surface area contributed by atoms with Gasteiger partial charge in [0.15, 0.2) is 0 Å². The maximum Gasteiger partial charge on any atom is 0.335 e. The molecular formula is C13H20O2. The number of aromatic carboxylic acids is 1. The van der Waals surface area contributed by atoms with Gasteiger partial charge in [-0.05, 0) is 17.5 Å². The van der Waals surface area contributed by atoms with Gasteiger partial charge in [-0.1, -0.05) is 52.3 Å². The van der Waals surface area contributed by atoms with Crippen LogP contribution in [0.5, 0.6) is 0 Å². The van der Waals surface area contributed by atoms with Crippen molar-refractivity contribution in [1.82, 2.24) is 0 Å². The van der Waals surface area contributed by atoms with E-state index in [-0.39, 0.29) is 0 Å². The van der Waals surface area contributed by atoms with Crippen LogP contribution >= 0.6 is 0 Å². The van der Waals surface area contributed by atoms with E-state index in [1.54, 1.807) is 30.3 Å². The summed E-state index contributed by atoms with van der Waals surface area (Å²) in [5, 5.41) is 8.38. The Labute approximate surface area is 91.9 Å². The molecule has 0 aliphatic rings. The predicted octanol–water partition coefficient (Wildman–Crippen LogP) is 3.83. The topological polar surface area (TPSA) is 37.3 Å². The monoisotopic (exact) mass is 208 g/mol. The number of benzene rings is 1. The zero-order valence-corrected chi connectivity index (χ0v) is 9.95. The van der Waals surface area contributed by atoms with Gasteiger partial charge in [0.2, 0.25) is 0 Å². The van der Waals surface area contributed by atoms with Gasteiger partial charge < -0.3 is 5.11 Å². The van der Waals surface area contributed by atoms with Crippen molar-refractivity contribution in [2.24, 2.45) is 5.41 Å². The van der Waals surface area contributed by atoms with Crippen LogP contribution in [0.2, 0.25) is 0 Å². The largest absolute Gasteiger partial charge is 0.478 e. The number of carboxylic acid groups (broad SMARTS) is 1. The van der Waals surface area contributed by atoms with E-state index in [0.29, 0.717) is 11.0 Å². The minimum Gasteiger partial charge on any atom is -0.478 e. The van der Waals surface area contributed by atoms with Crippen LogP contribution in [0.4, 0.5) is 0 Å². The maximum atomic E-state index is 10.2. The summed E-state index contributed by atoms with van der Waals surface area (Å²) in [6.45, 7) is 8.94. The van der Waals surface area contributed by atoms with E-state index in [4.69, 9.17) is 5.11 Å². The van der Waals surface area contributed by atoms with E-state index in [0.717, 1.165) is 0 Å². The molecular weight excluding hydrogens is 188 g/mol. The van der Waals surface area contributed by atoms with E-state index in [9.17, 15) is 4.79 Å². The van der Waals surface area contributed by atoms with Gasteiger partial charge in [-0.25, -0.2) is 4.79 Å². The van der Waals surface area contributed by atoms with Crippen molar-refractivity contribution in [2.75, 3.05) is 0 Å². The highest BCUT2D eigenvalue weighted by atomic mass is 16.4. The fourth-order valence-electron chi connectivity index (χ4n) is 0.581. The molecule has 0 bridgehead atoms. The molecule has 0 spiro atoms. The quantitative estimate of drug-likeness (QED) is 0.761. The second-order valence-electron chi connectivity index (χ2n) is 4.59. The lowest BCUT2D eigenvalue weighted by molar-refractivity contribution is 0.0697. The van der Waals surface area contributed by atoms with Crippen LogP contribution in [-0.4, -0.2) is 11.1 Å². The molecule has 0 aliphatic heterocycles. The Bertz CT molecular complexity index is 283. The smallest absolute Gasteiger partial charge is 0.335 e. The molecule has 1 N–H and O–H groups in total. The van der Waals surface area contributed by atoms with Gasteiger partial charge in [-0.15, -0.1) is 0 Å². The summed E-state index contributed by atoms with van der Waals surface area (Å²) in [7, 11) is 0. The normalized spacial score (nSPS) is 10.1. The zero-order valence-electron chi connectivity index (χ0n) is 9.95. The molecule has 0 fully saturated rings. The van der Waals surface area contributed by atoms with Gasteiger partial charge in [0.1, 0.15) is 0 Å². The average Bonchev–Trinajstić information content (AvgIpc) is 2.19. The molecule has 2 nitrogen and oxygen atoms in total. The Morgan fingerprint density at radius 3 is 1.80 bits per heavy atom. The molecule has 0 radical (unpaired) electrons. The van der Waals surface area contributed by atoms with Crippen LogP contribution in [0.25, 0.3) is 0 Å². The zero-order chi connectivity index (χ0) is 11.9. The summed E-state index contributed by atoms with van der Waals surface area (Å²) in [4.78, 5) is 10.2. The fraction of sp³-hybridized carbons (Fsp3) is 0.462. The molecule has 0 saturated carbocycles. The number of carboxylic acids is 1. The molecule has 0 unspecified atom stereocenters. The number of hydrogen-bond donors (Lipinski definition) is 1. The molecule has 1 aromatic rings. The second-order valence-corrected chi connectivity index (χ2v) is 4.59. The Hall–Kier alpha value is -1.31. The van der Waals surface area contributed by atoms with Crippen LogP contribution in [0, 0.1) is 5.41 Å². The fourth-order valence-corrected chi connectivity index (χ4v) is 0.581. The first-order valence-electron chi connectivity index (χ1n) is 5.15. The summed E-state index contributed by atoms with van der Waals surface area (Å²) in [5.74, 6) is -0.879. The molecule has 0 saturated heterocycles. The molecule has 0 aliphatic carbocycles. The highest BCUT2D eigenvalue weighted by Crippen LogP contribution is 2.16. The van der Waals surface area contributed by atoms with Crippen molar-refractivity contribution < 1.29 is 9.90 Å². The van der Waals surface area contributed by atoms with E-state index >= 15 is 0 Å². The molecule has 0 aromatic heterocycles. The average molecular weight is 208 g/mol. The van der Waals surface area contributed by atoms with Gasteiger partial charge in [0.05, 0.1) is 5.56 Å². The second kappa shape index (κ2) is 6.23. The highest BCUT2D eigenvalue weighted by Gasteiger charge is 2.03. The number of rotatable bonds is 1. The lowest BCUT2D eigenvalue weighted by Crippen LogP contribution is -2.00. The first kappa shape index (κ1) is 13.7. The molecule has 0 amide bonds. The third-order valence-electron chi connectivity index (χ3n) is 2.08. The van der Waals surface area contributed by atoms with Crippen molar-refractivity contribution >= 4 is 5.97 Å². The van der Waals surface area contributed by atoms with Gasteiger partial charge >= 0.3 is 5.97 Å². The van der Waals surface area contributed by atoms with Crippen molar-refractivity contribution in [3.63, 3.8) is 0 Å². The van der Waals surface area contributed by atoms with Crippen molar-refractivity contribution in [3.8, 4) is 0 Å². The summed E-state index contributed by atoms with van der Waals surface area (Å²) in [6, 6.07) is 8.30. The summed E-state index contributed by atoms with van der Waals surface area (Å²) in [5.41, 5.74) is 0.873. The summed E-state index contributed by atoms with van der Waals surface area (Å²) >= 11 is 0. The minimum atomic E-state index is -0.879. The Morgan fingerprint density at radius 1 is 1.20 bits per heavy atom. The van der Waals surface area contributed by atoms with Crippen molar-refractivity contribution in [1.29, 1.82) is 0 Å². The van der Waals surface area contributed by atoms with E-state index < -0.39 is 5.97 Å². The van der Waals surface area contributed by atoms with Crippen LogP contribution < -0.4 is 0 Å². The molecule has 1 aromatic carbocycles. The highest BCUT2D eigenvalue weighted by molar-refractivity contribution is 5.87.